The van der Waals surface area contributed by atoms with Gasteiger partial charge in [-0.15, -0.1) is 0 Å². The van der Waals surface area contributed by atoms with Gasteiger partial charge in [-0.2, -0.15) is 0 Å². The third-order valence-corrected chi connectivity index (χ3v) is 3.90. The number of nitrogens with zero attached hydrogens (tertiary/aromatic N) is 1. The molecule has 1 aliphatic carbocycles. The Morgan fingerprint density at radius 3 is 2.68 bits per heavy atom. The molecule has 1 amide bonds. The summed E-state index contributed by atoms with van der Waals surface area (Å²) in [6.45, 7) is 3.15. The lowest BCUT2D eigenvalue weighted by Gasteiger charge is -2.30. The topological polar surface area (TPSA) is 66.8 Å². The third kappa shape index (κ3) is 3.80. The fourth-order valence-electron chi connectivity index (χ4n) is 2.54. The summed E-state index contributed by atoms with van der Waals surface area (Å²) in [6, 6.07) is 0. The zero-order chi connectivity index (χ0) is 13.8. The molecule has 1 aliphatic heterocycles. The lowest BCUT2D eigenvalue weighted by Crippen LogP contribution is -2.48. The molecule has 19 heavy (non-hydrogen) atoms. The first-order valence-electron chi connectivity index (χ1n) is 6.89. The molecule has 1 atom stereocenters. The number of ether oxygens (including phenoxy) is 1. The molecular formula is C14H21NO4. The molecule has 1 N–H and O–H groups in total. The standard InChI is InChI=1S/C14H21NO4/c1-10-2-4-11(5-3-10)8-13(16)15-6-7-19-12(9-15)14(17)18/h8,10,12H,2-7,9H2,1H3,(H,17,18)/t10?,12-/m0/s1. The smallest absolute Gasteiger partial charge is 0.334 e. The average Bonchev–Trinajstić information content (AvgIpc) is 2.41. The molecule has 5 heteroatoms. The quantitative estimate of drug-likeness (QED) is 0.769. The molecule has 2 aliphatic rings. The first kappa shape index (κ1) is 14.1. The van der Waals surface area contributed by atoms with E-state index < -0.39 is 12.1 Å². The highest BCUT2D eigenvalue weighted by Crippen LogP contribution is 2.27. The van der Waals surface area contributed by atoms with E-state index in [0.29, 0.717) is 13.2 Å². The molecule has 1 saturated heterocycles. The zero-order valence-electron chi connectivity index (χ0n) is 11.3. The highest BCUT2D eigenvalue weighted by molar-refractivity contribution is 5.89. The molecule has 0 aromatic heterocycles. The van der Waals surface area contributed by atoms with Crippen LogP contribution in [0.4, 0.5) is 0 Å². The Hall–Kier alpha value is -1.36. The van der Waals surface area contributed by atoms with E-state index in [0.717, 1.165) is 31.6 Å². The number of morpholine rings is 1. The summed E-state index contributed by atoms with van der Waals surface area (Å²) in [5.74, 6) is -0.331. The van der Waals surface area contributed by atoms with Crippen LogP contribution in [-0.2, 0) is 14.3 Å². The fraction of sp³-hybridized carbons (Fsp3) is 0.714. The van der Waals surface area contributed by atoms with Crippen LogP contribution in [0.25, 0.3) is 0 Å². The SMILES string of the molecule is CC1CCC(=CC(=O)N2CCO[C@H](C(=O)O)C2)CC1. The fourth-order valence-corrected chi connectivity index (χ4v) is 2.54. The number of carbonyl (C=O) groups excluding carboxylic acids is 1. The van der Waals surface area contributed by atoms with E-state index in [9.17, 15) is 9.59 Å². The van der Waals surface area contributed by atoms with E-state index in [1.54, 1.807) is 11.0 Å². The number of allylic oxidation sites excluding steroid dienone is 1. The van der Waals surface area contributed by atoms with Crippen LogP contribution in [-0.4, -0.2) is 47.7 Å². The van der Waals surface area contributed by atoms with Crippen LogP contribution in [0.3, 0.4) is 0 Å². The Balaban J connectivity index is 1.92. The van der Waals surface area contributed by atoms with Crippen molar-refractivity contribution in [3.8, 4) is 0 Å². The van der Waals surface area contributed by atoms with Crippen molar-refractivity contribution >= 4 is 11.9 Å². The number of hydrogen-bond donors (Lipinski definition) is 1. The highest BCUT2D eigenvalue weighted by atomic mass is 16.5. The minimum Gasteiger partial charge on any atom is -0.479 e. The summed E-state index contributed by atoms with van der Waals surface area (Å²) in [4.78, 5) is 24.6. The van der Waals surface area contributed by atoms with Gasteiger partial charge in [0.05, 0.1) is 13.2 Å². The van der Waals surface area contributed by atoms with Crippen molar-refractivity contribution < 1.29 is 19.4 Å². The van der Waals surface area contributed by atoms with Crippen molar-refractivity contribution in [3.63, 3.8) is 0 Å². The average molecular weight is 267 g/mol. The van der Waals surface area contributed by atoms with E-state index in [1.165, 1.54) is 5.57 Å². The molecule has 2 fully saturated rings. The Morgan fingerprint density at radius 2 is 2.05 bits per heavy atom. The Bertz CT molecular complexity index is 381. The summed E-state index contributed by atoms with van der Waals surface area (Å²) >= 11 is 0. The number of rotatable bonds is 2. The number of carboxylic acids is 1. The van der Waals surface area contributed by atoms with Gasteiger partial charge in [0.25, 0.3) is 0 Å². The largest absolute Gasteiger partial charge is 0.479 e. The zero-order valence-corrected chi connectivity index (χ0v) is 11.3. The molecule has 2 rings (SSSR count). The van der Waals surface area contributed by atoms with Crippen LogP contribution in [0.1, 0.15) is 32.6 Å². The molecular weight excluding hydrogens is 246 g/mol. The molecule has 0 radical (unpaired) electrons. The minimum atomic E-state index is -1.00. The Labute approximate surface area is 113 Å². The van der Waals surface area contributed by atoms with Crippen molar-refractivity contribution in [1.29, 1.82) is 0 Å². The minimum absolute atomic E-state index is 0.0703. The van der Waals surface area contributed by atoms with Crippen LogP contribution in [0.5, 0.6) is 0 Å². The first-order valence-corrected chi connectivity index (χ1v) is 6.89. The van der Waals surface area contributed by atoms with E-state index in [2.05, 4.69) is 6.92 Å². The number of carbonyl (C=O) groups is 2. The van der Waals surface area contributed by atoms with Gasteiger partial charge < -0.3 is 14.7 Å². The number of hydrogen-bond acceptors (Lipinski definition) is 3. The van der Waals surface area contributed by atoms with Gasteiger partial charge in [-0.25, -0.2) is 4.79 Å². The van der Waals surface area contributed by atoms with Gasteiger partial charge in [-0.05, 0) is 31.6 Å². The molecule has 0 aromatic rings. The summed E-state index contributed by atoms with van der Waals surface area (Å²) in [5.41, 5.74) is 1.20. The van der Waals surface area contributed by atoms with Crippen molar-refractivity contribution in [2.24, 2.45) is 5.92 Å². The monoisotopic (exact) mass is 267 g/mol. The van der Waals surface area contributed by atoms with Gasteiger partial charge in [-0.3, -0.25) is 4.79 Å². The number of amides is 1. The molecule has 106 valence electrons. The maximum Gasteiger partial charge on any atom is 0.334 e. The van der Waals surface area contributed by atoms with Crippen LogP contribution in [0, 0.1) is 5.92 Å². The molecule has 5 nitrogen and oxygen atoms in total. The van der Waals surface area contributed by atoms with Crippen LogP contribution in [0.15, 0.2) is 11.6 Å². The van der Waals surface area contributed by atoms with Crippen LogP contribution >= 0.6 is 0 Å². The predicted octanol–water partition coefficient (Wildman–Crippen LogP) is 1.43. The van der Waals surface area contributed by atoms with Gasteiger partial charge in [0.2, 0.25) is 5.91 Å². The molecule has 0 aromatic carbocycles. The normalized spacial score (nSPS) is 28.1. The third-order valence-electron chi connectivity index (χ3n) is 3.90. The summed E-state index contributed by atoms with van der Waals surface area (Å²) in [7, 11) is 0. The predicted molar refractivity (Wildman–Crippen MR) is 69.7 cm³/mol. The van der Waals surface area contributed by atoms with Crippen molar-refractivity contribution in [2.75, 3.05) is 19.7 Å². The van der Waals surface area contributed by atoms with E-state index in [4.69, 9.17) is 9.84 Å². The van der Waals surface area contributed by atoms with Gasteiger partial charge in [-0.1, -0.05) is 12.5 Å². The second kappa shape index (κ2) is 6.19. The molecule has 1 heterocycles. The van der Waals surface area contributed by atoms with Gasteiger partial charge in [0.1, 0.15) is 0 Å². The number of aliphatic carboxylic acids is 1. The Kier molecular flexibility index (Phi) is 4.58. The van der Waals surface area contributed by atoms with Gasteiger partial charge in [0.15, 0.2) is 6.10 Å². The van der Waals surface area contributed by atoms with Gasteiger partial charge in [0, 0.05) is 12.6 Å². The lowest BCUT2D eigenvalue weighted by molar-refractivity contribution is -0.158. The molecule has 0 spiro atoms. The van der Waals surface area contributed by atoms with E-state index in [1.807, 2.05) is 0 Å². The van der Waals surface area contributed by atoms with Crippen molar-refractivity contribution in [3.05, 3.63) is 11.6 Å². The van der Waals surface area contributed by atoms with Crippen LogP contribution < -0.4 is 0 Å². The second-order valence-corrected chi connectivity index (χ2v) is 5.47. The first-order chi connectivity index (χ1) is 9.06. The maximum atomic E-state index is 12.1. The van der Waals surface area contributed by atoms with Crippen LogP contribution in [0.2, 0.25) is 0 Å². The highest BCUT2D eigenvalue weighted by Gasteiger charge is 2.28. The van der Waals surface area contributed by atoms with Gasteiger partial charge >= 0.3 is 5.97 Å². The molecule has 0 unspecified atom stereocenters. The summed E-state index contributed by atoms with van der Waals surface area (Å²) in [6.07, 6.45) is 5.07. The molecule has 1 saturated carbocycles. The lowest BCUT2D eigenvalue weighted by atomic mass is 9.87. The Morgan fingerprint density at radius 1 is 1.37 bits per heavy atom. The molecule has 0 bridgehead atoms. The van der Waals surface area contributed by atoms with Crippen molar-refractivity contribution in [1.82, 2.24) is 4.90 Å². The van der Waals surface area contributed by atoms with E-state index >= 15 is 0 Å². The summed E-state index contributed by atoms with van der Waals surface area (Å²) < 4.78 is 5.11. The maximum absolute atomic E-state index is 12.1. The van der Waals surface area contributed by atoms with E-state index in [-0.39, 0.29) is 12.5 Å². The second-order valence-electron chi connectivity index (χ2n) is 5.47. The summed E-state index contributed by atoms with van der Waals surface area (Å²) in [5, 5.41) is 8.91. The van der Waals surface area contributed by atoms with Crippen molar-refractivity contribution in [2.45, 2.75) is 38.7 Å². The number of carboxylic acid groups (broad SMARTS) is 1.